The van der Waals surface area contributed by atoms with E-state index in [0.29, 0.717) is 11.6 Å². The molecular weight excluding hydrogens is 310 g/mol. The molecule has 2 heterocycles. The number of amides is 1. The van der Waals surface area contributed by atoms with Gasteiger partial charge in [0.15, 0.2) is 4.34 Å². The molecule has 2 aromatic heterocycles. The largest absolute Gasteiger partial charge is 0.300 e. The van der Waals surface area contributed by atoms with Gasteiger partial charge in [-0.2, -0.15) is 0 Å². The Morgan fingerprint density at radius 1 is 1.40 bits per heavy atom. The average molecular weight is 328 g/mol. The van der Waals surface area contributed by atoms with Gasteiger partial charge in [0.25, 0.3) is 0 Å². The van der Waals surface area contributed by atoms with E-state index < -0.39 is 0 Å². The van der Waals surface area contributed by atoms with E-state index in [1.807, 2.05) is 26.8 Å². The third-order valence-corrected chi connectivity index (χ3v) is 5.34. The summed E-state index contributed by atoms with van der Waals surface area (Å²) in [6.45, 7) is 6.11. The maximum atomic E-state index is 11.8. The van der Waals surface area contributed by atoms with Crippen molar-refractivity contribution in [1.82, 2.24) is 10.2 Å². The highest BCUT2D eigenvalue weighted by atomic mass is 32.2. The Morgan fingerprint density at radius 2 is 2.20 bits per heavy atom. The monoisotopic (exact) mass is 327 g/mol. The summed E-state index contributed by atoms with van der Waals surface area (Å²) in [4.78, 5) is 13.1. The number of hydrogen-bond acceptors (Lipinski definition) is 6. The van der Waals surface area contributed by atoms with Gasteiger partial charge in [0.1, 0.15) is 0 Å². The lowest BCUT2D eigenvalue weighted by molar-refractivity contribution is -0.117. The first-order valence-corrected chi connectivity index (χ1v) is 8.89. The van der Waals surface area contributed by atoms with Gasteiger partial charge in [-0.1, -0.05) is 49.9 Å². The van der Waals surface area contributed by atoms with Crippen LogP contribution in [0.2, 0.25) is 0 Å². The number of nitrogens with one attached hydrogen (secondary N) is 1. The van der Waals surface area contributed by atoms with Crippen LogP contribution in [0.15, 0.2) is 21.9 Å². The highest BCUT2D eigenvalue weighted by Gasteiger charge is 2.17. The standard InChI is InChI=1S/C13H17N3OS3/c1-13(2,3)7-10(17)14-11-15-16-12(20-11)19-8-9-5-4-6-18-9/h4-6H,7-8H2,1-3H3,(H,14,15,17). The number of carbonyl (C=O) groups is 1. The number of carbonyl (C=O) groups excluding carboxylic acids is 1. The van der Waals surface area contributed by atoms with Gasteiger partial charge in [-0.15, -0.1) is 21.5 Å². The molecule has 0 aliphatic carbocycles. The zero-order chi connectivity index (χ0) is 14.6. The fraction of sp³-hybridized carbons (Fsp3) is 0.462. The molecule has 0 spiro atoms. The number of hydrogen-bond donors (Lipinski definition) is 1. The zero-order valence-electron chi connectivity index (χ0n) is 11.7. The van der Waals surface area contributed by atoms with Crippen LogP contribution in [0, 0.1) is 5.41 Å². The van der Waals surface area contributed by atoms with Crippen LogP contribution in [0.3, 0.4) is 0 Å². The predicted molar refractivity (Wildman–Crippen MR) is 86.5 cm³/mol. The van der Waals surface area contributed by atoms with Crippen molar-refractivity contribution in [3.8, 4) is 0 Å². The van der Waals surface area contributed by atoms with E-state index in [0.717, 1.165) is 10.1 Å². The van der Waals surface area contributed by atoms with Gasteiger partial charge >= 0.3 is 0 Å². The maximum absolute atomic E-state index is 11.8. The van der Waals surface area contributed by atoms with Crippen LogP contribution in [0.5, 0.6) is 0 Å². The zero-order valence-corrected chi connectivity index (χ0v) is 14.1. The van der Waals surface area contributed by atoms with Crippen molar-refractivity contribution in [1.29, 1.82) is 0 Å². The van der Waals surface area contributed by atoms with Gasteiger partial charge in [0, 0.05) is 17.1 Å². The van der Waals surface area contributed by atoms with Crippen LogP contribution < -0.4 is 5.32 Å². The van der Waals surface area contributed by atoms with Gasteiger partial charge in [0.05, 0.1) is 0 Å². The van der Waals surface area contributed by atoms with Crippen molar-refractivity contribution < 1.29 is 4.79 Å². The van der Waals surface area contributed by atoms with Crippen molar-refractivity contribution in [2.45, 2.75) is 37.3 Å². The van der Waals surface area contributed by atoms with Crippen molar-refractivity contribution in [3.63, 3.8) is 0 Å². The van der Waals surface area contributed by atoms with Crippen molar-refractivity contribution in [3.05, 3.63) is 22.4 Å². The maximum Gasteiger partial charge on any atom is 0.226 e. The molecule has 0 saturated heterocycles. The van der Waals surface area contributed by atoms with Gasteiger partial charge in [-0.25, -0.2) is 0 Å². The molecular formula is C13H17N3OS3. The second-order valence-corrected chi connectivity index (χ2v) is 8.76. The fourth-order valence-corrected chi connectivity index (χ4v) is 4.03. The summed E-state index contributed by atoms with van der Waals surface area (Å²) >= 11 is 4.80. The molecule has 0 unspecified atom stereocenters. The molecule has 1 amide bonds. The predicted octanol–water partition coefficient (Wildman–Crippen LogP) is 4.27. The molecule has 0 radical (unpaired) electrons. The molecule has 0 aromatic carbocycles. The van der Waals surface area contributed by atoms with Gasteiger partial charge in [0.2, 0.25) is 11.0 Å². The summed E-state index contributed by atoms with van der Waals surface area (Å²) in [6, 6.07) is 4.14. The molecule has 7 heteroatoms. The van der Waals surface area contributed by atoms with Crippen LogP contribution >= 0.6 is 34.4 Å². The molecule has 2 rings (SSSR count). The minimum atomic E-state index is -0.0223. The summed E-state index contributed by atoms with van der Waals surface area (Å²) in [5.74, 6) is 0.880. The number of anilines is 1. The molecule has 4 nitrogen and oxygen atoms in total. The first kappa shape index (κ1) is 15.5. The van der Waals surface area contributed by atoms with E-state index in [2.05, 4.69) is 27.0 Å². The smallest absolute Gasteiger partial charge is 0.226 e. The molecule has 0 aliphatic rings. The van der Waals surface area contributed by atoms with Crippen LogP contribution in [0.1, 0.15) is 32.1 Å². The lowest BCUT2D eigenvalue weighted by Gasteiger charge is -2.16. The van der Waals surface area contributed by atoms with Crippen LogP contribution in [0.4, 0.5) is 5.13 Å². The summed E-state index contributed by atoms with van der Waals surface area (Å²) in [7, 11) is 0. The van der Waals surface area contributed by atoms with Crippen molar-refractivity contribution in [2.75, 3.05) is 5.32 Å². The van der Waals surface area contributed by atoms with E-state index in [4.69, 9.17) is 0 Å². The molecule has 2 aromatic rings. The fourth-order valence-electron chi connectivity index (χ4n) is 1.49. The Bertz CT molecular complexity index is 558. The van der Waals surface area contributed by atoms with E-state index in [1.54, 1.807) is 23.1 Å². The first-order chi connectivity index (χ1) is 9.42. The summed E-state index contributed by atoms with van der Waals surface area (Å²) in [5, 5.41) is 13.5. The quantitative estimate of drug-likeness (QED) is 0.658. The normalized spacial score (nSPS) is 11.6. The Hall–Kier alpha value is -0.920. The average Bonchev–Trinajstić information content (AvgIpc) is 2.94. The highest BCUT2D eigenvalue weighted by molar-refractivity contribution is 8.00. The van der Waals surface area contributed by atoms with Crippen LogP contribution in [-0.2, 0) is 10.5 Å². The minimum Gasteiger partial charge on any atom is -0.300 e. The van der Waals surface area contributed by atoms with Gasteiger partial charge in [-0.3, -0.25) is 4.79 Å². The molecule has 108 valence electrons. The Balaban J connectivity index is 1.84. The Labute approximate surface area is 131 Å². The number of thioether (sulfide) groups is 1. The van der Waals surface area contributed by atoms with E-state index >= 15 is 0 Å². The first-order valence-electron chi connectivity index (χ1n) is 6.21. The van der Waals surface area contributed by atoms with Crippen LogP contribution in [0.25, 0.3) is 0 Å². The second-order valence-electron chi connectivity index (χ2n) is 5.53. The summed E-state index contributed by atoms with van der Waals surface area (Å²) in [6.07, 6.45) is 0.476. The molecule has 0 fully saturated rings. The number of thiophene rings is 1. The molecule has 20 heavy (non-hydrogen) atoms. The molecule has 0 saturated carbocycles. The lowest BCUT2D eigenvalue weighted by Crippen LogP contribution is -2.19. The second kappa shape index (κ2) is 6.69. The van der Waals surface area contributed by atoms with Crippen molar-refractivity contribution in [2.24, 2.45) is 5.41 Å². The summed E-state index contributed by atoms with van der Waals surface area (Å²) < 4.78 is 0.879. The number of nitrogens with zero attached hydrogens (tertiary/aromatic N) is 2. The van der Waals surface area contributed by atoms with E-state index in [9.17, 15) is 4.79 Å². The molecule has 1 N–H and O–H groups in total. The third kappa shape index (κ3) is 5.22. The third-order valence-electron chi connectivity index (χ3n) is 2.26. The Kier molecular flexibility index (Phi) is 5.17. The highest BCUT2D eigenvalue weighted by Crippen LogP contribution is 2.30. The van der Waals surface area contributed by atoms with E-state index in [-0.39, 0.29) is 11.3 Å². The molecule has 0 atom stereocenters. The number of rotatable bonds is 5. The van der Waals surface area contributed by atoms with Crippen molar-refractivity contribution >= 4 is 45.5 Å². The Morgan fingerprint density at radius 3 is 2.85 bits per heavy atom. The summed E-state index contributed by atoms with van der Waals surface area (Å²) in [5.41, 5.74) is -0.0223. The minimum absolute atomic E-state index is 0.0107. The SMILES string of the molecule is CC(C)(C)CC(=O)Nc1nnc(SCc2cccs2)s1. The van der Waals surface area contributed by atoms with Crippen LogP contribution in [-0.4, -0.2) is 16.1 Å². The topological polar surface area (TPSA) is 54.9 Å². The molecule has 0 aliphatic heterocycles. The number of aromatic nitrogens is 2. The van der Waals surface area contributed by atoms with E-state index in [1.165, 1.54) is 16.2 Å². The van der Waals surface area contributed by atoms with Gasteiger partial charge in [-0.05, 0) is 16.9 Å². The lowest BCUT2D eigenvalue weighted by atomic mass is 9.92. The molecule has 0 bridgehead atoms. The van der Waals surface area contributed by atoms with Gasteiger partial charge < -0.3 is 5.32 Å².